The van der Waals surface area contributed by atoms with Crippen molar-refractivity contribution < 1.29 is 9.48 Å². The second kappa shape index (κ2) is 7.39. The lowest BCUT2D eigenvalue weighted by Gasteiger charge is -2.30. The topological polar surface area (TPSA) is 69.9 Å². The van der Waals surface area contributed by atoms with Gasteiger partial charge in [-0.25, -0.2) is 0 Å². The minimum absolute atomic E-state index is 0.0558. The van der Waals surface area contributed by atoms with Crippen molar-refractivity contribution in [3.05, 3.63) is 34.6 Å². The molecule has 0 saturated carbocycles. The van der Waals surface area contributed by atoms with Crippen LogP contribution in [-0.2, 0) is 4.79 Å². The smallest absolute Gasteiger partial charge is 0.291 e. The van der Waals surface area contributed by atoms with Crippen LogP contribution in [0.25, 0.3) is 11.3 Å². The SMILES string of the molecule is CCCCSc1n[n+]2c(c(=O)[nH]1)-c1ccccc1N(C(C)=O)C2CC. The molecule has 1 atom stereocenters. The number of H-pyrrole nitrogens is 1. The molecule has 132 valence electrons. The Morgan fingerprint density at radius 3 is 2.80 bits per heavy atom. The summed E-state index contributed by atoms with van der Waals surface area (Å²) >= 11 is 1.54. The molecule has 1 N–H and O–H groups in total. The number of amides is 1. The lowest BCUT2D eigenvalue weighted by atomic mass is 10.0. The van der Waals surface area contributed by atoms with Crippen LogP contribution in [-0.4, -0.2) is 21.7 Å². The van der Waals surface area contributed by atoms with Gasteiger partial charge >= 0.3 is 11.3 Å². The largest absolute Gasteiger partial charge is 0.325 e. The van der Waals surface area contributed by atoms with Crippen LogP contribution in [0.2, 0.25) is 0 Å². The molecule has 6 nitrogen and oxygen atoms in total. The van der Waals surface area contributed by atoms with Crippen molar-refractivity contribution in [3.8, 4) is 11.3 Å². The van der Waals surface area contributed by atoms with Gasteiger partial charge in [-0.1, -0.05) is 48.8 Å². The number of hydrogen-bond donors (Lipinski definition) is 1. The number of nitrogens with one attached hydrogen (secondary N) is 1. The lowest BCUT2D eigenvalue weighted by Crippen LogP contribution is -2.60. The zero-order chi connectivity index (χ0) is 18.0. The molecule has 25 heavy (non-hydrogen) atoms. The van der Waals surface area contributed by atoms with Gasteiger partial charge in [0.2, 0.25) is 11.1 Å². The van der Waals surface area contributed by atoms with Gasteiger partial charge in [-0.3, -0.25) is 19.5 Å². The Hall–Kier alpha value is -2.15. The Morgan fingerprint density at radius 2 is 2.12 bits per heavy atom. The average Bonchev–Trinajstić information content (AvgIpc) is 2.60. The van der Waals surface area contributed by atoms with Crippen LogP contribution < -0.4 is 15.1 Å². The van der Waals surface area contributed by atoms with E-state index in [-0.39, 0.29) is 17.6 Å². The number of unbranched alkanes of at least 4 members (excludes halogenated alkanes) is 1. The van der Waals surface area contributed by atoms with Gasteiger partial charge in [0.05, 0.1) is 11.3 Å². The van der Waals surface area contributed by atoms with Gasteiger partial charge in [-0.15, -0.1) is 0 Å². The van der Waals surface area contributed by atoms with E-state index in [0.717, 1.165) is 29.8 Å². The summed E-state index contributed by atoms with van der Waals surface area (Å²) in [5.41, 5.74) is 1.85. The third kappa shape index (κ3) is 3.20. The minimum atomic E-state index is -0.296. The van der Waals surface area contributed by atoms with E-state index in [1.165, 1.54) is 0 Å². The van der Waals surface area contributed by atoms with E-state index >= 15 is 0 Å². The van der Waals surface area contributed by atoms with Crippen molar-refractivity contribution in [2.45, 2.75) is 51.4 Å². The number of carbonyl (C=O) groups is 1. The first-order valence-corrected chi connectivity index (χ1v) is 9.65. The third-order valence-electron chi connectivity index (χ3n) is 4.30. The number of anilines is 1. The maximum absolute atomic E-state index is 12.8. The monoisotopic (exact) mass is 359 g/mol. The quantitative estimate of drug-likeness (QED) is 0.506. The number of nitrogens with zero attached hydrogens (tertiary/aromatic N) is 3. The van der Waals surface area contributed by atoms with Gasteiger partial charge in [0.25, 0.3) is 6.17 Å². The van der Waals surface area contributed by atoms with Gasteiger partial charge < -0.3 is 0 Å². The predicted octanol–water partition coefficient (Wildman–Crippen LogP) is 2.89. The second-order valence-electron chi connectivity index (χ2n) is 6.05. The molecule has 1 aliphatic heterocycles. The van der Waals surface area contributed by atoms with Gasteiger partial charge in [-0.2, -0.15) is 0 Å². The summed E-state index contributed by atoms with van der Waals surface area (Å²) in [6.07, 6.45) is 2.53. The molecule has 0 saturated heterocycles. The van der Waals surface area contributed by atoms with E-state index in [2.05, 4.69) is 17.0 Å². The van der Waals surface area contributed by atoms with E-state index in [4.69, 9.17) is 0 Å². The Kier molecular flexibility index (Phi) is 5.22. The summed E-state index contributed by atoms with van der Waals surface area (Å²) in [7, 11) is 0. The number of rotatable bonds is 5. The molecule has 0 spiro atoms. The molecule has 2 heterocycles. The third-order valence-corrected chi connectivity index (χ3v) is 5.25. The van der Waals surface area contributed by atoms with Crippen molar-refractivity contribution in [3.63, 3.8) is 0 Å². The maximum atomic E-state index is 12.8. The number of benzene rings is 1. The predicted molar refractivity (Wildman–Crippen MR) is 98.6 cm³/mol. The summed E-state index contributed by atoms with van der Waals surface area (Å²) in [6.45, 7) is 5.68. The average molecular weight is 359 g/mol. The standard InChI is InChI=1S/C18H22N4O2S/c1-4-6-11-25-18-19-17(24)16-13-9-7-8-10-14(13)21(12(3)23)15(5-2)22(16)20-18/h7-10,15H,4-6,11H2,1-3H3/p+1. The van der Waals surface area contributed by atoms with E-state index in [0.29, 0.717) is 17.3 Å². The molecule has 0 fully saturated rings. The fourth-order valence-corrected chi connectivity index (χ4v) is 4.10. The van der Waals surface area contributed by atoms with Gasteiger partial charge in [0, 0.05) is 24.2 Å². The molecule has 1 aromatic carbocycles. The van der Waals surface area contributed by atoms with Gasteiger partial charge in [0.1, 0.15) is 0 Å². The number of thioether (sulfide) groups is 1. The number of aromatic nitrogens is 3. The zero-order valence-electron chi connectivity index (χ0n) is 14.8. The van der Waals surface area contributed by atoms with Gasteiger partial charge in [-0.05, 0) is 18.6 Å². The minimum Gasteiger partial charge on any atom is -0.291 e. The van der Waals surface area contributed by atoms with Crippen molar-refractivity contribution in [2.24, 2.45) is 0 Å². The number of carbonyl (C=O) groups excluding carboxylic acids is 1. The first-order valence-electron chi connectivity index (χ1n) is 8.66. The van der Waals surface area contributed by atoms with Crippen molar-refractivity contribution in [1.82, 2.24) is 10.1 Å². The second-order valence-corrected chi connectivity index (χ2v) is 7.13. The summed E-state index contributed by atoms with van der Waals surface area (Å²) in [5.74, 6) is 0.850. The first-order chi connectivity index (χ1) is 12.1. The molecule has 0 radical (unpaired) electrons. The molecule has 1 aromatic heterocycles. The summed E-state index contributed by atoms with van der Waals surface area (Å²) < 4.78 is 1.72. The number of hydrogen-bond acceptors (Lipinski definition) is 4. The van der Waals surface area contributed by atoms with Crippen molar-refractivity contribution >= 4 is 23.4 Å². The van der Waals surface area contributed by atoms with Crippen LogP contribution in [0.15, 0.2) is 34.2 Å². The summed E-state index contributed by atoms with van der Waals surface area (Å²) in [4.78, 5) is 29.7. The normalized spacial score (nSPS) is 15.6. The fourth-order valence-electron chi connectivity index (χ4n) is 3.16. The van der Waals surface area contributed by atoms with Gasteiger partial charge in [0.15, 0.2) is 0 Å². The van der Waals surface area contributed by atoms with Crippen LogP contribution in [0.1, 0.15) is 46.2 Å². The lowest BCUT2D eigenvalue weighted by molar-refractivity contribution is -0.771. The molecule has 2 aromatic rings. The molecular weight excluding hydrogens is 336 g/mol. The number of aromatic amines is 1. The van der Waals surface area contributed by atoms with Crippen LogP contribution in [0.3, 0.4) is 0 Å². The highest BCUT2D eigenvalue weighted by atomic mass is 32.2. The van der Waals surface area contributed by atoms with Crippen molar-refractivity contribution in [2.75, 3.05) is 10.7 Å². The Labute approximate surface area is 151 Å². The van der Waals surface area contributed by atoms with E-state index < -0.39 is 0 Å². The Balaban J connectivity index is 2.17. The van der Waals surface area contributed by atoms with Crippen molar-refractivity contribution in [1.29, 1.82) is 0 Å². The first kappa shape index (κ1) is 17.7. The van der Waals surface area contributed by atoms with E-state index in [9.17, 15) is 9.59 Å². The Morgan fingerprint density at radius 1 is 1.36 bits per heavy atom. The molecule has 0 bridgehead atoms. The molecule has 1 aliphatic rings. The molecule has 3 rings (SSSR count). The van der Waals surface area contributed by atoms with E-state index in [1.807, 2.05) is 31.2 Å². The van der Waals surface area contributed by atoms with E-state index in [1.54, 1.807) is 28.3 Å². The van der Waals surface area contributed by atoms with Crippen LogP contribution in [0.4, 0.5) is 5.69 Å². The Bertz CT molecular complexity index is 849. The highest BCUT2D eigenvalue weighted by molar-refractivity contribution is 7.99. The maximum Gasteiger partial charge on any atom is 0.325 e. The summed E-state index contributed by atoms with van der Waals surface area (Å²) in [6, 6.07) is 7.50. The highest BCUT2D eigenvalue weighted by Crippen LogP contribution is 2.35. The molecule has 0 aliphatic carbocycles. The molecule has 7 heteroatoms. The molecule has 1 unspecified atom stereocenters. The van der Waals surface area contributed by atoms with Crippen LogP contribution >= 0.6 is 11.8 Å². The molecule has 1 amide bonds. The molecular formula is C18H23N4O2S+. The number of para-hydroxylation sites is 1. The van der Waals surface area contributed by atoms with Crippen LogP contribution in [0, 0.1) is 0 Å². The highest BCUT2D eigenvalue weighted by Gasteiger charge is 2.42. The zero-order valence-corrected chi connectivity index (χ0v) is 15.6. The summed E-state index contributed by atoms with van der Waals surface area (Å²) in [5, 5.41) is 5.26. The fraction of sp³-hybridized carbons (Fsp3) is 0.444. The van der Waals surface area contributed by atoms with Crippen LogP contribution in [0.5, 0.6) is 0 Å². The number of fused-ring (bicyclic) bond motifs is 3.